The lowest BCUT2D eigenvalue weighted by molar-refractivity contribution is 0.0997. The molecule has 0 atom stereocenters. The van der Waals surface area contributed by atoms with E-state index in [0.717, 1.165) is 19.4 Å². The highest BCUT2D eigenvalue weighted by Gasteiger charge is 2.43. The maximum absolute atomic E-state index is 15.6. The fourth-order valence-corrected chi connectivity index (χ4v) is 8.85. The fraction of sp³-hybridized carbons (Fsp3) is 0.586. The van der Waals surface area contributed by atoms with Crippen LogP contribution < -0.4 is 21.7 Å². The third-order valence-electron chi connectivity index (χ3n) is 8.29. The van der Waals surface area contributed by atoms with E-state index in [-0.39, 0.29) is 48.3 Å². The van der Waals surface area contributed by atoms with Gasteiger partial charge < -0.3 is 35.9 Å². The molecule has 11 nitrogen and oxygen atoms in total. The largest absolute Gasteiger partial charge is 0.382 e. The molecular formula is C29H41FN6O5S. The van der Waals surface area contributed by atoms with Crippen LogP contribution in [0.15, 0.2) is 17.0 Å². The number of likely N-dealkylation sites (N-methyl/N-ethyl adjacent to an activating group) is 1. The number of hydrogen-bond donors (Lipinski definition) is 4. The lowest BCUT2D eigenvalue weighted by Gasteiger charge is -2.32. The van der Waals surface area contributed by atoms with E-state index in [2.05, 4.69) is 16.0 Å². The van der Waals surface area contributed by atoms with Crippen molar-refractivity contribution >= 4 is 27.5 Å². The van der Waals surface area contributed by atoms with Crippen LogP contribution in [0.5, 0.6) is 0 Å². The molecule has 230 valence electrons. The van der Waals surface area contributed by atoms with Crippen molar-refractivity contribution in [2.45, 2.75) is 76.1 Å². The molecule has 0 spiro atoms. The predicted molar refractivity (Wildman–Crippen MR) is 157 cm³/mol. The molecule has 3 aliphatic rings. The zero-order valence-electron chi connectivity index (χ0n) is 24.7. The minimum absolute atomic E-state index is 0.0142. The SMILES string of the molecule is CN(C)CCNC(=O)N[C@H]1CC[C@H](Nc2cc(-n3c4c(c5c3CC(C)(C)CS5(=O)=O)COC4)cc(F)c2C(N)=O)CC1. The number of rotatable bonds is 8. The van der Waals surface area contributed by atoms with E-state index in [0.29, 0.717) is 53.3 Å². The highest BCUT2D eigenvalue weighted by molar-refractivity contribution is 7.91. The Hall–Kier alpha value is -3.16. The maximum Gasteiger partial charge on any atom is 0.315 e. The number of nitrogens with zero attached hydrogens (tertiary/aromatic N) is 2. The van der Waals surface area contributed by atoms with Crippen LogP contribution in [0.1, 0.15) is 66.8 Å². The summed E-state index contributed by atoms with van der Waals surface area (Å²) in [6, 6.07) is 2.67. The molecule has 5 rings (SSSR count). The molecule has 1 aromatic heterocycles. The van der Waals surface area contributed by atoms with Crippen LogP contribution >= 0.6 is 0 Å². The number of primary amides is 1. The Balaban J connectivity index is 1.40. The first kappa shape index (κ1) is 30.3. The summed E-state index contributed by atoms with van der Waals surface area (Å²) < 4.78 is 49.7. The van der Waals surface area contributed by atoms with Gasteiger partial charge in [0.1, 0.15) is 5.82 Å². The number of ether oxygens (including phenoxy) is 1. The van der Waals surface area contributed by atoms with Gasteiger partial charge in [-0.2, -0.15) is 0 Å². The van der Waals surface area contributed by atoms with Gasteiger partial charge >= 0.3 is 6.03 Å². The summed E-state index contributed by atoms with van der Waals surface area (Å²) in [6.45, 7) is 5.51. The van der Waals surface area contributed by atoms with Gasteiger partial charge in [-0.25, -0.2) is 17.6 Å². The molecule has 2 aliphatic heterocycles. The second kappa shape index (κ2) is 11.5. The number of amides is 3. The van der Waals surface area contributed by atoms with Crippen molar-refractivity contribution in [2.75, 3.05) is 38.3 Å². The second-order valence-corrected chi connectivity index (χ2v) is 14.7. The van der Waals surface area contributed by atoms with E-state index in [4.69, 9.17) is 10.5 Å². The number of hydrogen-bond acceptors (Lipinski definition) is 7. The van der Waals surface area contributed by atoms with Crippen molar-refractivity contribution in [2.24, 2.45) is 11.1 Å². The molecule has 0 radical (unpaired) electrons. The quantitative estimate of drug-likeness (QED) is 0.362. The van der Waals surface area contributed by atoms with E-state index < -0.39 is 27.0 Å². The number of urea groups is 1. The lowest BCUT2D eigenvalue weighted by atomic mass is 9.89. The lowest BCUT2D eigenvalue weighted by Crippen LogP contribution is -2.46. The molecule has 1 aromatic carbocycles. The first-order valence-electron chi connectivity index (χ1n) is 14.4. The van der Waals surface area contributed by atoms with Crippen LogP contribution in [0.2, 0.25) is 0 Å². The average molecular weight is 605 g/mol. The number of sulfone groups is 1. The van der Waals surface area contributed by atoms with Crippen LogP contribution in [-0.2, 0) is 34.2 Å². The smallest absolute Gasteiger partial charge is 0.315 e. The van der Waals surface area contributed by atoms with Crippen LogP contribution in [-0.4, -0.2) is 74.8 Å². The van der Waals surface area contributed by atoms with E-state index >= 15 is 4.39 Å². The third kappa shape index (κ3) is 6.13. The summed E-state index contributed by atoms with van der Waals surface area (Å²) in [5, 5.41) is 9.21. The van der Waals surface area contributed by atoms with E-state index in [1.807, 2.05) is 32.8 Å². The second-order valence-electron chi connectivity index (χ2n) is 12.7. The monoisotopic (exact) mass is 604 g/mol. The van der Waals surface area contributed by atoms with Crippen molar-refractivity contribution in [1.82, 2.24) is 20.1 Å². The molecule has 0 unspecified atom stereocenters. The molecule has 42 heavy (non-hydrogen) atoms. The standard InChI is InChI=1S/C29H41FN6O5S/c1-29(2)13-23-26(42(39,40)16-29)20-14-41-15-24(20)36(23)19-11-21(30)25(27(31)37)22(12-19)33-17-5-7-18(8-6-17)34-28(38)32-9-10-35(3)4/h11-12,17-18,33H,5-10,13-16H2,1-4H3,(H2,31,37)(H2,32,34,38)/t17-,18-. The molecular weight excluding hydrogens is 563 g/mol. The van der Waals surface area contributed by atoms with Gasteiger partial charge in [-0.05, 0) is 63.7 Å². The number of fused-ring (bicyclic) bond motifs is 3. The molecule has 1 fully saturated rings. The first-order valence-corrected chi connectivity index (χ1v) is 16.1. The molecule has 5 N–H and O–H groups in total. The van der Waals surface area contributed by atoms with E-state index in [1.165, 1.54) is 6.07 Å². The van der Waals surface area contributed by atoms with Gasteiger partial charge in [-0.3, -0.25) is 4.79 Å². The molecule has 0 bridgehead atoms. The summed E-state index contributed by atoms with van der Waals surface area (Å²) in [6.07, 6.45) is 3.32. The number of halogens is 1. The number of carbonyl (C=O) groups excluding carboxylic acids is 2. The van der Waals surface area contributed by atoms with Gasteiger partial charge in [-0.15, -0.1) is 0 Å². The molecule has 1 aliphatic carbocycles. The molecule has 3 heterocycles. The van der Waals surface area contributed by atoms with Crippen LogP contribution in [0.4, 0.5) is 14.9 Å². The maximum atomic E-state index is 15.6. The Morgan fingerprint density at radius 3 is 2.48 bits per heavy atom. The van der Waals surface area contributed by atoms with Crippen molar-refractivity contribution in [3.63, 3.8) is 0 Å². The Labute approximate surface area is 246 Å². The number of aromatic nitrogens is 1. The number of nitrogens with two attached hydrogens (primary N) is 1. The Morgan fingerprint density at radius 2 is 1.81 bits per heavy atom. The summed E-state index contributed by atoms with van der Waals surface area (Å²) in [4.78, 5) is 26.9. The molecule has 0 saturated heterocycles. The number of anilines is 1. The number of nitrogens with one attached hydrogen (secondary N) is 3. The van der Waals surface area contributed by atoms with Gasteiger partial charge in [0.15, 0.2) is 9.84 Å². The average Bonchev–Trinajstić information content (AvgIpc) is 3.43. The van der Waals surface area contributed by atoms with Crippen molar-refractivity contribution < 1.29 is 27.1 Å². The molecule has 2 aromatic rings. The van der Waals surface area contributed by atoms with Gasteiger partial charge in [0.25, 0.3) is 5.91 Å². The van der Waals surface area contributed by atoms with Gasteiger partial charge in [-0.1, -0.05) is 13.8 Å². The van der Waals surface area contributed by atoms with Gasteiger partial charge in [0.2, 0.25) is 0 Å². The van der Waals surface area contributed by atoms with Crippen LogP contribution in [0.25, 0.3) is 5.69 Å². The van der Waals surface area contributed by atoms with E-state index in [9.17, 15) is 18.0 Å². The predicted octanol–water partition coefficient (Wildman–Crippen LogP) is 2.69. The summed E-state index contributed by atoms with van der Waals surface area (Å²) >= 11 is 0. The van der Waals surface area contributed by atoms with E-state index in [1.54, 1.807) is 10.6 Å². The minimum atomic E-state index is -3.57. The number of carbonyl (C=O) groups is 2. The topological polar surface area (TPSA) is 148 Å². The molecule has 13 heteroatoms. The van der Waals surface area contributed by atoms with Crippen molar-refractivity contribution in [3.8, 4) is 5.69 Å². The van der Waals surface area contributed by atoms with Crippen molar-refractivity contribution in [3.05, 3.63) is 40.5 Å². The Bertz CT molecular complexity index is 1490. The number of benzene rings is 1. The summed E-state index contributed by atoms with van der Waals surface area (Å²) in [5.74, 6) is -1.64. The Kier molecular flexibility index (Phi) is 8.29. The third-order valence-corrected chi connectivity index (χ3v) is 10.6. The molecule has 1 saturated carbocycles. The van der Waals surface area contributed by atoms with Crippen molar-refractivity contribution in [1.29, 1.82) is 0 Å². The van der Waals surface area contributed by atoms with Gasteiger partial charge in [0, 0.05) is 36.4 Å². The first-order chi connectivity index (χ1) is 19.8. The molecule has 3 amide bonds. The summed E-state index contributed by atoms with van der Waals surface area (Å²) in [7, 11) is 0.313. The van der Waals surface area contributed by atoms with Gasteiger partial charge in [0.05, 0.1) is 46.5 Å². The highest BCUT2D eigenvalue weighted by Crippen LogP contribution is 2.44. The minimum Gasteiger partial charge on any atom is -0.382 e. The zero-order valence-corrected chi connectivity index (χ0v) is 25.5. The zero-order chi connectivity index (χ0) is 30.4. The Morgan fingerprint density at radius 1 is 1.12 bits per heavy atom. The summed E-state index contributed by atoms with van der Waals surface area (Å²) in [5.41, 5.74) is 7.50. The van der Waals surface area contributed by atoms with Crippen LogP contribution in [0.3, 0.4) is 0 Å². The normalized spacial score (nSPS) is 22.3. The highest BCUT2D eigenvalue weighted by atomic mass is 32.2. The fourth-order valence-electron chi connectivity index (χ4n) is 6.50. The van der Waals surface area contributed by atoms with Crippen LogP contribution in [0, 0.1) is 11.2 Å².